The van der Waals surface area contributed by atoms with E-state index in [0.29, 0.717) is 13.0 Å². The van der Waals surface area contributed by atoms with Crippen LogP contribution in [0.3, 0.4) is 0 Å². The number of ether oxygens (including phenoxy) is 2. The molecule has 3 unspecified atom stereocenters. The molecule has 0 aliphatic carbocycles. The number of amides is 1. The van der Waals surface area contributed by atoms with Gasteiger partial charge < -0.3 is 24.8 Å². The van der Waals surface area contributed by atoms with Crippen molar-refractivity contribution in [1.82, 2.24) is 10.2 Å². The van der Waals surface area contributed by atoms with Crippen molar-refractivity contribution in [3.8, 4) is 11.1 Å². The van der Waals surface area contributed by atoms with Crippen molar-refractivity contribution < 1.29 is 24.3 Å². The number of carbonyl (C=O) groups excluding carboxylic acids is 1. The van der Waals surface area contributed by atoms with Gasteiger partial charge in [-0.25, -0.2) is 0 Å². The molecule has 0 aromatic heterocycles. The summed E-state index contributed by atoms with van der Waals surface area (Å²) in [6, 6.07) is 31.0. The quantitative estimate of drug-likeness (QED) is 0.167. The summed E-state index contributed by atoms with van der Waals surface area (Å²) in [7, 11) is 0. The fraction of sp³-hybridized carbons (Fsp3) is 0.324. The highest BCUT2D eigenvalue weighted by Gasteiger charge is 2.34. The van der Waals surface area contributed by atoms with Crippen molar-refractivity contribution in [3.05, 3.63) is 129 Å². The Bertz CT molecular complexity index is 1670. The van der Waals surface area contributed by atoms with Crippen LogP contribution >= 0.6 is 0 Å². The Morgan fingerprint density at radius 1 is 0.872 bits per heavy atom. The predicted molar refractivity (Wildman–Crippen MR) is 180 cm³/mol. The van der Waals surface area contributed by atoms with Gasteiger partial charge in [-0.05, 0) is 52.1 Å². The lowest BCUT2D eigenvalue weighted by molar-refractivity contribution is -0.384. The van der Waals surface area contributed by atoms with E-state index >= 15 is 0 Å². The van der Waals surface area contributed by atoms with E-state index in [2.05, 4.69) is 39.4 Å². The third-order valence-corrected chi connectivity index (χ3v) is 8.84. The lowest BCUT2D eigenvalue weighted by atomic mass is 9.98. The maximum absolute atomic E-state index is 11.4. The first kappa shape index (κ1) is 32.3. The molecule has 2 N–H and O–H groups in total. The average molecular weight is 637 g/mol. The Balaban J connectivity index is 1.17. The largest absolute Gasteiger partial charge is 0.392 e. The fourth-order valence-electron chi connectivity index (χ4n) is 6.25. The third-order valence-electron chi connectivity index (χ3n) is 8.84. The highest BCUT2D eigenvalue weighted by Crippen LogP contribution is 2.39. The first-order valence-corrected chi connectivity index (χ1v) is 16.0. The van der Waals surface area contributed by atoms with Crippen LogP contribution in [0.25, 0.3) is 11.1 Å². The van der Waals surface area contributed by atoms with Gasteiger partial charge in [0.1, 0.15) is 0 Å². The van der Waals surface area contributed by atoms with Gasteiger partial charge in [0.05, 0.1) is 23.7 Å². The number of piperazine rings is 1. The van der Waals surface area contributed by atoms with E-state index < -0.39 is 6.29 Å². The number of benzene rings is 4. The number of nitrogens with zero attached hydrogens (tertiary/aromatic N) is 3. The van der Waals surface area contributed by atoms with Gasteiger partial charge in [0.15, 0.2) is 6.29 Å². The second-order valence-corrected chi connectivity index (χ2v) is 12.1. The Labute approximate surface area is 274 Å². The topological polar surface area (TPSA) is 117 Å². The summed E-state index contributed by atoms with van der Waals surface area (Å²) in [5.41, 5.74) is 7.02. The summed E-state index contributed by atoms with van der Waals surface area (Å²) in [5.74, 6) is -0.0644. The number of non-ortho nitro benzene ring substituents is 1. The molecule has 10 heteroatoms. The molecule has 244 valence electrons. The first-order chi connectivity index (χ1) is 22.8. The van der Waals surface area contributed by atoms with Crippen LogP contribution in [0.1, 0.15) is 48.0 Å². The van der Waals surface area contributed by atoms with Gasteiger partial charge >= 0.3 is 0 Å². The van der Waals surface area contributed by atoms with E-state index in [-0.39, 0.29) is 35.3 Å². The molecule has 2 aliphatic heterocycles. The van der Waals surface area contributed by atoms with Gasteiger partial charge in [0.2, 0.25) is 5.91 Å². The summed E-state index contributed by atoms with van der Waals surface area (Å²) in [5, 5.41) is 23.5. The van der Waals surface area contributed by atoms with Crippen molar-refractivity contribution in [2.75, 3.05) is 37.6 Å². The van der Waals surface area contributed by atoms with E-state index in [9.17, 15) is 20.0 Å². The number of carbonyl (C=O) groups is 1. The number of hydrogen-bond acceptors (Lipinski definition) is 8. The number of nitrogens with one attached hydrogen (secondary N) is 1. The molecule has 0 radical (unpaired) electrons. The lowest BCUT2D eigenvalue weighted by Crippen LogP contribution is -2.49. The average Bonchev–Trinajstić information content (AvgIpc) is 3.11. The van der Waals surface area contributed by atoms with Crippen LogP contribution in [0.4, 0.5) is 11.4 Å². The Hall–Kier alpha value is -4.61. The molecule has 2 fully saturated rings. The van der Waals surface area contributed by atoms with Crippen molar-refractivity contribution in [2.24, 2.45) is 0 Å². The molecule has 2 saturated heterocycles. The smallest absolute Gasteiger partial charge is 0.269 e. The molecule has 0 spiro atoms. The van der Waals surface area contributed by atoms with E-state index in [1.807, 2.05) is 60.7 Å². The summed E-state index contributed by atoms with van der Waals surface area (Å²) in [4.78, 5) is 26.8. The highest BCUT2D eigenvalue weighted by atomic mass is 16.7. The minimum absolute atomic E-state index is 0.00910. The molecule has 4 aromatic carbocycles. The van der Waals surface area contributed by atoms with E-state index in [1.165, 1.54) is 6.92 Å². The van der Waals surface area contributed by atoms with Crippen molar-refractivity contribution in [2.45, 2.75) is 45.0 Å². The zero-order valence-electron chi connectivity index (χ0n) is 26.5. The number of aliphatic hydroxyl groups is 1. The number of hydrogen-bond donors (Lipinski definition) is 2. The zero-order chi connectivity index (χ0) is 32.8. The minimum atomic E-state index is -0.569. The van der Waals surface area contributed by atoms with Gasteiger partial charge in [-0.1, -0.05) is 60.7 Å². The van der Waals surface area contributed by atoms with Crippen LogP contribution < -0.4 is 10.2 Å². The Morgan fingerprint density at radius 3 is 2.26 bits per heavy atom. The highest BCUT2D eigenvalue weighted by molar-refractivity contribution is 5.73. The van der Waals surface area contributed by atoms with Gasteiger partial charge in [-0.15, -0.1) is 0 Å². The maximum Gasteiger partial charge on any atom is 0.269 e. The minimum Gasteiger partial charge on any atom is -0.392 e. The summed E-state index contributed by atoms with van der Waals surface area (Å²) in [6.45, 7) is 6.07. The SMILES string of the molecule is CC(=O)NCc1cccc(-c2cccc(C3OC(CN4CCN(c5ccc([N+](=O)[O-])cc5)CC4)CC(c4ccc(CO)cc4)O3)c2)c1. The number of rotatable bonds is 10. The van der Waals surface area contributed by atoms with Crippen LogP contribution in [0.15, 0.2) is 97.1 Å². The molecule has 6 rings (SSSR count). The summed E-state index contributed by atoms with van der Waals surface area (Å²) >= 11 is 0. The summed E-state index contributed by atoms with van der Waals surface area (Å²) < 4.78 is 13.3. The normalized spacial score (nSPS) is 20.1. The molecular formula is C37H40N4O6. The van der Waals surface area contributed by atoms with Crippen LogP contribution in [0.5, 0.6) is 0 Å². The third kappa shape index (κ3) is 8.22. The van der Waals surface area contributed by atoms with Crippen molar-refractivity contribution >= 4 is 17.3 Å². The monoisotopic (exact) mass is 636 g/mol. The second kappa shape index (κ2) is 14.9. The van der Waals surface area contributed by atoms with Crippen molar-refractivity contribution in [3.63, 3.8) is 0 Å². The Morgan fingerprint density at radius 2 is 1.57 bits per heavy atom. The maximum atomic E-state index is 11.4. The van der Waals surface area contributed by atoms with Crippen molar-refractivity contribution in [1.29, 1.82) is 0 Å². The molecule has 0 bridgehead atoms. The molecule has 4 aromatic rings. The van der Waals surface area contributed by atoms with E-state index in [4.69, 9.17) is 9.47 Å². The zero-order valence-corrected chi connectivity index (χ0v) is 26.5. The van der Waals surface area contributed by atoms with Crippen LogP contribution in [0.2, 0.25) is 0 Å². The standard InChI is InChI=1S/C37H40N4O6/c1-26(43)38-23-28-4-2-5-30(20-28)31-6-3-7-32(21-31)37-46-35(22-36(47-37)29-10-8-27(25-42)9-11-29)24-39-16-18-40(19-17-39)33-12-14-34(15-13-33)41(44)45/h2-15,20-21,35-37,42H,16-19,22-25H2,1H3,(H,38,43). The fourth-order valence-corrected chi connectivity index (χ4v) is 6.25. The van der Waals surface area contributed by atoms with Crippen LogP contribution in [0, 0.1) is 10.1 Å². The molecule has 0 saturated carbocycles. The molecule has 2 aliphatic rings. The molecule has 47 heavy (non-hydrogen) atoms. The number of nitro benzene ring substituents is 1. The molecule has 10 nitrogen and oxygen atoms in total. The molecule has 1 amide bonds. The number of aliphatic hydroxyl groups excluding tert-OH is 1. The van der Waals surface area contributed by atoms with E-state index in [0.717, 1.165) is 71.8 Å². The van der Waals surface area contributed by atoms with Gasteiger partial charge in [0, 0.05) is 76.0 Å². The van der Waals surface area contributed by atoms with Gasteiger partial charge in [-0.2, -0.15) is 0 Å². The Kier molecular flexibility index (Phi) is 10.2. The number of anilines is 1. The lowest BCUT2D eigenvalue weighted by Gasteiger charge is -2.41. The first-order valence-electron chi connectivity index (χ1n) is 16.0. The van der Waals surface area contributed by atoms with Gasteiger partial charge in [0.25, 0.3) is 5.69 Å². The molecule has 2 heterocycles. The molecule has 3 atom stereocenters. The van der Waals surface area contributed by atoms with Crippen LogP contribution in [-0.2, 0) is 27.4 Å². The van der Waals surface area contributed by atoms with Gasteiger partial charge in [-0.3, -0.25) is 19.8 Å². The number of nitro groups is 1. The summed E-state index contributed by atoms with van der Waals surface area (Å²) in [6.07, 6.45) is -0.132. The molecular weight excluding hydrogens is 596 g/mol. The second-order valence-electron chi connectivity index (χ2n) is 12.1. The van der Waals surface area contributed by atoms with E-state index in [1.54, 1.807) is 12.1 Å². The predicted octanol–water partition coefficient (Wildman–Crippen LogP) is 5.76. The van der Waals surface area contributed by atoms with Crippen LogP contribution in [-0.4, -0.2) is 59.7 Å².